The van der Waals surface area contributed by atoms with Crippen molar-refractivity contribution in [2.24, 2.45) is 28.6 Å². The number of allylic oxidation sites excluding steroid dienone is 1. The summed E-state index contributed by atoms with van der Waals surface area (Å²) in [6.45, 7) is 4.29. The Hall–Kier alpha value is 1.48. The molecular formula is C19H28Na2O8S2. The van der Waals surface area contributed by atoms with Crippen molar-refractivity contribution in [3.8, 4) is 0 Å². The molecule has 8 nitrogen and oxygen atoms in total. The van der Waals surface area contributed by atoms with Crippen LogP contribution in [0, 0.1) is 28.6 Å². The van der Waals surface area contributed by atoms with Crippen LogP contribution in [0.15, 0.2) is 11.6 Å². The third kappa shape index (κ3) is 5.67. The fourth-order valence-electron chi connectivity index (χ4n) is 7.13. The van der Waals surface area contributed by atoms with Gasteiger partial charge in [0.05, 0.1) is 12.2 Å². The van der Waals surface area contributed by atoms with E-state index in [0.717, 1.165) is 32.1 Å². The number of hydrogen-bond donors (Lipinski definition) is 0. The summed E-state index contributed by atoms with van der Waals surface area (Å²) in [5, 5.41) is 0. The molecule has 0 N–H and O–H groups in total. The summed E-state index contributed by atoms with van der Waals surface area (Å²) in [6.07, 6.45) is 6.76. The van der Waals surface area contributed by atoms with E-state index in [9.17, 15) is 25.9 Å². The van der Waals surface area contributed by atoms with Gasteiger partial charge in [0.2, 0.25) is 20.8 Å². The molecule has 0 unspecified atom stereocenters. The van der Waals surface area contributed by atoms with Crippen LogP contribution in [0.25, 0.3) is 0 Å². The Bertz CT molecular complexity index is 921. The van der Waals surface area contributed by atoms with Gasteiger partial charge in [0.25, 0.3) is 0 Å². The van der Waals surface area contributed by atoms with Crippen molar-refractivity contribution in [1.29, 1.82) is 0 Å². The average Bonchev–Trinajstić information content (AvgIpc) is 2.89. The van der Waals surface area contributed by atoms with Crippen LogP contribution >= 0.6 is 0 Å². The molecule has 4 rings (SSSR count). The second kappa shape index (κ2) is 9.85. The summed E-state index contributed by atoms with van der Waals surface area (Å²) in [5.41, 5.74) is 0.785. The maximum Gasteiger partial charge on any atom is 1.00 e. The summed E-state index contributed by atoms with van der Waals surface area (Å²) < 4.78 is 76.2. The van der Waals surface area contributed by atoms with Crippen molar-refractivity contribution in [2.75, 3.05) is 0 Å². The van der Waals surface area contributed by atoms with Crippen LogP contribution < -0.4 is 59.1 Å². The number of hydrogen-bond acceptors (Lipinski definition) is 8. The molecule has 0 saturated heterocycles. The molecule has 4 aliphatic rings. The van der Waals surface area contributed by atoms with Gasteiger partial charge in [-0.25, -0.2) is 16.8 Å². The van der Waals surface area contributed by atoms with Gasteiger partial charge in [-0.1, -0.05) is 25.5 Å². The Labute approximate surface area is 229 Å². The molecule has 0 radical (unpaired) electrons. The molecule has 0 amide bonds. The van der Waals surface area contributed by atoms with Gasteiger partial charge in [0.15, 0.2) is 0 Å². The van der Waals surface area contributed by atoms with E-state index >= 15 is 0 Å². The maximum absolute atomic E-state index is 11.2. The second-order valence-electron chi connectivity index (χ2n) is 9.74. The summed E-state index contributed by atoms with van der Waals surface area (Å²) in [4.78, 5) is 0. The van der Waals surface area contributed by atoms with Gasteiger partial charge in [-0.15, -0.1) is 0 Å². The van der Waals surface area contributed by atoms with E-state index in [2.05, 4.69) is 19.9 Å². The fraction of sp³-hybridized carbons (Fsp3) is 0.895. The van der Waals surface area contributed by atoms with Crippen LogP contribution in [0.5, 0.6) is 0 Å². The standard InChI is InChI=1S/C19H30O8S2.2Na/c1-18-9-7-13(26-28(20,21)22)11-12(18)3-4-14-15-5-6-17(27-29(23,24)25)19(15,2)10-8-16(14)18;;/h3,13-17H,4-11H2,1-2H3,(H,20,21,22)(H,23,24,25);;/q;2*+1/p-2/t13-,14-,15-,16-,17-,18-,19-;;/m0../s1. The molecular weight excluding hydrogens is 466 g/mol. The average molecular weight is 495 g/mol. The van der Waals surface area contributed by atoms with Crippen molar-refractivity contribution in [3.05, 3.63) is 11.6 Å². The van der Waals surface area contributed by atoms with E-state index in [1.807, 2.05) is 0 Å². The molecule has 4 aliphatic carbocycles. The van der Waals surface area contributed by atoms with E-state index in [1.165, 1.54) is 5.57 Å². The monoisotopic (exact) mass is 494 g/mol. The molecule has 3 fully saturated rings. The first-order valence-electron chi connectivity index (χ1n) is 10.3. The minimum absolute atomic E-state index is 0. The zero-order chi connectivity index (χ0) is 21.2. The fourth-order valence-corrected chi connectivity index (χ4v) is 8.23. The Kier molecular flexibility index (Phi) is 9.13. The van der Waals surface area contributed by atoms with Gasteiger partial charge in [0, 0.05) is 0 Å². The Morgan fingerprint density at radius 3 is 2.16 bits per heavy atom. The first kappa shape index (κ1) is 28.7. The van der Waals surface area contributed by atoms with Gasteiger partial charge in [0.1, 0.15) is 0 Å². The van der Waals surface area contributed by atoms with Crippen LogP contribution in [0.1, 0.15) is 65.2 Å². The van der Waals surface area contributed by atoms with E-state index in [0.29, 0.717) is 37.0 Å². The minimum Gasteiger partial charge on any atom is -0.726 e. The van der Waals surface area contributed by atoms with Gasteiger partial charge < -0.3 is 9.11 Å². The molecule has 31 heavy (non-hydrogen) atoms. The summed E-state index contributed by atoms with van der Waals surface area (Å²) in [6, 6.07) is 0. The first-order chi connectivity index (χ1) is 13.3. The zero-order valence-electron chi connectivity index (χ0n) is 18.7. The van der Waals surface area contributed by atoms with Crippen molar-refractivity contribution in [1.82, 2.24) is 0 Å². The summed E-state index contributed by atoms with van der Waals surface area (Å²) in [5.74, 6) is 1.08. The van der Waals surface area contributed by atoms with E-state index < -0.39 is 33.0 Å². The predicted molar refractivity (Wildman–Crippen MR) is 101 cm³/mol. The zero-order valence-corrected chi connectivity index (χ0v) is 24.3. The third-order valence-corrected chi connectivity index (χ3v) is 9.44. The Morgan fingerprint density at radius 1 is 0.903 bits per heavy atom. The van der Waals surface area contributed by atoms with Crippen LogP contribution in [0.2, 0.25) is 0 Å². The topological polar surface area (TPSA) is 133 Å². The molecule has 3 saturated carbocycles. The summed E-state index contributed by atoms with van der Waals surface area (Å²) >= 11 is 0. The van der Waals surface area contributed by atoms with Gasteiger partial charge >= 0.3 is 59.1 Å². The molecule has 0 spiro atoms. The summed E-state index contributed by atoms with van der Waals surface area (Å²) in [7, 11) is -9.44. The normalized spacial score (nSPS) is 42.2. The Morgan fingerprint density at radius 2 is 1.55 bits per heavy atom. The minimum atomic E-state index is -4.73. The van der Waals surface area contributed by atoms with Gasteiger partial charge in [-0.05, 0) is 80.0 Å². The van der Waals surface area contributed by atoms with E-state index in [-0.39, 0.29) is 69.9 Å². The van der Waals surface area contributed by atoms with Crippen LogP contribution in [-0.2, 0) is 29.2 Å². The van der Waals surface area contributed by atoms with E-state index in [4.69, 9.17) is 8.37 Å². The Balaban J connectivity index is 0.00000171. The van der Waals surface area contributed by atoms with Crippen molar-refractivity contribution >= 4 is 20.8 Å². The molecule has 12 heteroatoms. The van der Waals surface area contributed by atoms with Gasteiger partial charge in [-0.3, -0.25) is 8.37 Å². The molecule has 0 aromatic heterocycles. The molecule has 0 bridgehead atoms. The molecule has 7 atom stereocenters. The predicted octanol–water partition coefficient (Wildman–Crippen LogP) is -3.35. The van der Waals surface area contributed by atoms with Gasteiger partial charge in [-0.2, -0.15) is 0 Å². The first-order valence-corrected chi connectivity index (χ1v) is 13.0. The SMILES string of the molecule is C[C@]12CC[C@H]3[C@@H](CC=C4C[C@@H](OS(=O)(=O)[O-])CC[C@@]43C)[C@@H]1CC[C@@H]2OS(=O)(=O)[O-].[Na+].[Na+]. The number of rotatable bonds is 4. The maximum atomic E-state index is 11.2. The molecule has 0 aromatic carbocycles. The van der Waals surface area contributed by atoms with Crippen molar-refractivity contribution in [3.63, 3.8) is 0 Å². The van der Waals surface area contributed by atoms with Crippen LogP contribution in [0.4, 0.5) is 0 Å². The van der Waals surface area contributed by atoms with Crippen LogP contribution in [-0.4, -0.2) is 38.1 Å². The molecule has 0 aliphatic heterocycles. The second-order valence-corrected chi connectivity index (χ2v) is 11.8. The van der Waals surface area contributed by atoms with E-state index in [1.54, 1.807) is 0 Å². The third-order valence-electron chi connectivity index (χ3n) is 8.46. The molecule has 0 aromatic rings. The van der Waals surface area contributed by atoms with Crippen LogP contribution in [0.3, 0.4) is 0 Å². The van der Waals surface area contributed by atoms with Crippen molar-refractivity contribution in [2.45, 2.75) is 77.4 Å². The number of fused-ring (bicyclic) bond motifs is 5. The molecule has 0 heterocycles. The largest absolute Gasteiger partial charge is 1.00 e. The van der Waals surface area contributed by atoms with Crippen molar-refractivity contribution < 1.29 is 93.4 Å². The molecule has 166 valence electrons. The smallest absolute Gasteiger partial charge is 0.726 e. The quantitative estimate of drug-likeness (QED) is 0.171.